The zero-order valence-electron chi connectivity index (χ0n) is 9.98. The summed E-state index contributed by atoms with van der Waals surface area (Å²) in [6, 6.07) is 7.04. The molecule has 1 aromatic carbocycles. The van der Waals surface area contributed by atoms with Gasteiger partial charge in [-0.15, -0.1) is 0 Å². The van der Waals surface area contributed by atoms with Crippen molar-refractivity contribution in [3.8, 4) is 0 Å². The number of carbonyl (C=O) groups is 2. The van der Waals surface area contributed by atoms with Gasteiger partial charge in [0.15, 0.2) is 5.60 Å². The molecular formula is C14H15NO3. The molecule has 1 heterocycles. The van der Waals surface area contributed by atoms with Gasteiger partial charge in [0.2, 0.25) is 0 Å². The number of hydrogen-bond donors (Lipinski definition) is 2. The molecule has 18 heavy (non-hydrogen) atoms. The normalized spacial score (nSPS) is 28.8. The van der Waals surface area contributed by atoms with Gasteiger partial charge in [0, 0.05) is 11.3 Å². The lowest BCUT2D eigenvalue weighted by molar-refractivity contribution is -0.156. The Hall–Kier alpha value is -1.68. The number of amides is 1. The maximum absolute atomic E-state index is 12.2. The number of rotatable bonds is 2. The molecule has 1 aromatic rings. The zero-order valence-corrected chi connectivity index (χ0v) is 9.98. The fraction of sp³-hybridized carbons (Fsp3) is 0.429. The van der Waals surface area contributed by atoms with Crippen LogP contribution in [0.1, 0.15) is 31.2 Å². The summed E-state index contributed by atoms with van der Waals surface area (Å²) in [7, 11) is 0. The van der Waals surface area contributed by atoms with E-state index in [-0.39, 0.29) is 0 Å². The minimum Gasteiger partial charge on any atom is -0.374 e. The molecule has 1 saturated carbocycles. The third-order valence-corrected chi connectivity index (χ3v) is 4.34. The number of para-hydroxylation sites is 1. The van der Waals surface area contributed by atoms with Crippen LogP contribution in [0.2, 0.25) is 0 Å². The molecule has 1 aliphatic carbocycles. The van der Waals surface area contributed by atoms with Crippen molar-refractivity contribution in [2.24, 2.45) is 5.41 Å². The van der Waals surface area contributed by atoms with Gasteiger partial charge in [-0.05, 0) is 18.9 Å². The largest absolute Gasteiger partial charge is 0.374 e. The molecule has 1 atom stereocenters. The summed E-state index contributed by atoms with van der Waals surface area (Å²) < 4.78 is 0. The van der Waals surface area contributed by atoms with E-state index in [1.165, 1.54) is 0 Å². The van der Waals surface area contributed by atoms with Crippen molar-refractivity contribution >= 4 is 17.9 Å². The lowest BCUT2D eigenvalue weighted by Gasteiger charge is -2.36. The van der Waals surface area contributed by atoms with Crippen LogP contribution in [0.5, 0.6) is 0 Å². The summed E-state index contributed by atoms with van der Waals surface area (Å²) in [6.07, 6.45) is 3.65. The first kappa shape index (κ1) is 11.4. The second-order valence-corrected chi connectivity index (χ2v) is 5.19. The molecule has 94 valence electrons. The van der Waals surface area contributed by atoms with E-state index in [4.69, 9.17) is 0 Å². The fourth-order valence-corrected chi connectivity index (χ4v) is 3.31. The number of nitrogens with one attached hydrogen (secondary N) is 1. The molecule has 1 aliphatic heterocycles. The molecule has 0 unspecified atom stereocenters. The molecule has 0 radical (unpaired) electrons. The number of fused-ring (bicyclic) bond motifs is 1. The Morgan fingerprint density at radius 2 is 1.89 bits per heavy atom. The number of aldehydes is 1. The van der Waals surface area contributed by atoms with Crippen molar-refractivity contribution in [1.29, 1.82) is 0 Å². The monoisotopic (exact) mass is 245 g/mol. The SMILES string of the molecule is O=CC1([C@]2(O)C(=O)Nc3ccccc32)CCCC1. The maximum Gasteiger partial charge on any atom is 0.262 e. The molecule has 4 heteroatoms. The fourth-order valence-electron chi connectivity index (χ4n) is 3.31. The lowest BCUT2D eigenvalue weighted by Crippen LogP contribution is -2.50. The van der Waals surface area contributed by atoms with E-state index < -0.39 is 16.9 Å². The van der Waals surface area contributed by atoms with Crippen LogP contribution in [-0.2, 0) is 15.2 Å². The van der Waals surface area contributed by atoms with Crippen molar-refractivity contribution in [1.82, 2.24) is 0 Å². The maximum atomic E-state index is 12.2. The topological polar surface area (TPSA) is 66.4 Å². The second-order valence-electron chi connectivity index (χ2n) is 5.19. The van der Waals surface area contributed by atoms with Crippen molar-refractivity contribution in [3.63, 3.8) is 0 Å². The molecule has 0 aromatic heterocycles. The summed E-state index contributed by atoms with van der Waals surface area (Å²) in [5.41, 5.74) is -1.53. The molecule has 2 N–H and O–H groups in total. The molecule has 1 amide bonds. The van der Waals surface area contributed by atoms with Gasteiger partial charge in [0.1, 0.15) is 6.29 Å². The Bertz CT molecular complexity index is 520. The van der Waals surface area contributed by atoms with E-state index in [1.54, 1.807) is 24.3 Å². The molecule has 1 fully saturated rings. The number of benzene rings is 1. The van der Waals surface area contributed by atoms with Gasteiger partial charge in [-0.25, -0.2) is 0 Å². The highest BCUT2D eigenvalue weighted by Gasteiger charge is 2.61. The third kappa shape index (κ3) is 1.18. The number of anilines is 1. The van der Waals surface area contributed by atoms with Gasteiger partial charge in [0.25, 0.3) is 5.91 Å². The average molecular weight is 245 g/mol. The number of hydrogen-bond acceptors (Lipinski definition) is 3. The highest BCUT2D eigenvalue weighted by atomic mass is 16.3. The van der Waals surface area contributed by atoms with Crippen molar-refractivity contribution in [2.45, 2.75) is 31.3 Å². The average Bonchev–Trinajstić information content (AvgIpc) is 2.96. The molecule has 4 nitrogen and oxygen atoms in total. The number of carbonyl (C=O) groups excluding carboxylic acids is 2. The summed E-state index contributed by atoms with van der Waals surface area (Å²) in [4.78, 5) is 23.7. The van der Waals surface area contributed by atoms with Crippen LogP contribution in [0, 0.1) is 5.41 Å². The third-order valence-electron chi connectivity index (χ3n) is 4.34. The van der Waals surface area contributed by atoms with Crippen molar-refractivity contribution in [3.05, 3.63) is 29.8 Å². The lowest BCUT2D eigenvalue weighted by atomic mass is 9.68. The van der Waals surface area contributed by atoms with E-state index >= 15 is 0 Å². The van der Waals surface area contributed by atoms with E-state index in [0.717, 1.165) is 19.1 Å². The van der Waals surface area contributed by atoms with E-state index in [2.05, 4.69) is 5.32 Å². The van der Waals surface area contributed by atoms with E-state index in [9.17, 15) is 14.7 Å². The predicted octanol–water partition coefficient (Wildman–Crippen LogP) is 1.59. The van der Waals surface area contributed by atoms with Crippen LogP contribution in [-0.4, -0.2) is 17.3 Å². The molecule has 0 bridgehead atoms. The van der Waals surface area contributed by atoms with Crippen LogP contribution >= 0.6 is 0 Å². The Morgan fingerprint density at radius 3 is 2.56 bits per heavy atom. The molecule has 0 saturated heterocycles. The molecular weight excluding hydrogens is 230 g/mol. The Morgan fingerprint density at radius 1 is 1.22 bits per heavy atom. The van der Waals surface area contributed by atoms with Crippen LogP contribution in [0.25, 0.3) is 0 Å². The van der Waals surface area contributed by atoms with E-state index in [0.29, 0.717) is 24.1 Å². The molecule has 3 rings (SSSR count). The smallest absolute Gasteiger partial charge is 0.262 e. The van der Waals surface area contributed by atoms with Crippen molar-refractivity contribution in [2.75, 3.05) is 5.32 Å². The van der Waals surface area contributed by atoms with Gasteiger partial charge in [0.05, 0.1) is 5.41 Å². The van der Waals surface area contributed by atoms with E-state index in [1.807, 2.05) is 0 Å². The molecule has 2 aliphatic rings. The highest BCUT2D eigenvalue weighted by Crippen LogP contribution is 2.54. The van der Waals surface area contributed by atoms with Gasteiger partial charge in [-0.1, -0.05) is 31.0 Å². The summed E-state index contributed by atoms with van der Waals surface area (Å²) in [5.74, 6) is -0.474. The summed E-state index contributed by atoms with van der Waals surface area (Å²) in [6.45, 7) is 0. The first-order valence-electron chi connectivity index (χ1n) is 6.24. The van der Waals surface area contributed by atoms with Crippen LogP contribution in [0.15, 0.2) is 24.3 Å². The Kier molecular flexibility index (Phi) is 2.32. The first-order chi connectivity index (χ1) is 8.64. The summed E-state index contributed by atoms with van der Waals surface area (Å²) >= 11 is 0. The van der Waals surface area contributed by atoms with Gasteiger partial charge < -0.3 is 15.2 Å². The minimum absolute atomic E-state index is 0.474. The Balaban J connectivity index is 2.20. The number of aliphatic hydroxyl groups is 1. The quantitative estimate of drug-likeness (QED) is 0.777. The van der Waals surface area contributed by atoms with Crippen LogP contribution < -0.4 is 5.32 Å². The van der Waals surface area contributed by atoms with Gasteiger partial charge >= 0.3 is 0 Å². The standard InChI is InChI=1S/C14H15NO3/c16-9-13(7-3-4-8-13)14(18)10-5-1-2-6-11(10)15-12(14)17/h1-2,5-6,9,18H,3-4,7-8H2,(H,15,17)/t14-/m1/s1. The highest BCUT2D eigenvalue weighted by molar-refractivity contribution is 6.07. The predicted molar refractivity (Wildman–Crippen MR) is 65.9 cm³/mol. The zero-order chi connectivity index (χ0) is 12.8. The van der Waals surface area contributed by atoms with Crippen LogP contribution in [0.4, 0.5) is 5.69 Å². The summed E-state index contributed by atoms with van der Waals surface area (Å²) in [5, 5.41) is 13.6. The van der Waals surface area contributed by atoms with Crippen LogP contribution in [0.3, 0.4) is 0 Å². The minimum atomic E-state index is -1.71. The van der Waals surface area contributed by atoms with Gasteiger partial charge in [-0.3, -0.25) is 4.79 Å². The Labute approximate surface area is 105 Å². The molecule has 0 spiro atoms. The first-order valence-corrected chi connectivity index (χ1v) is 6.24. The second kappa shape index (κ2) is 3.65. The van der Waals surface area contributed by atoms with Gasteiger partial charge in [-0.2, -0.15) is 0 Å². The van der Waals surface area contributed by atoms with Crippen molar-refractivity contribution < 1.29 is 14.7 Å².